The van der Waals surface area contributed by atoms with Crippen LogP contribution in [0.15, 0.2) is 81.5 Å². The molecule has 0 spiro atoms. The molecule has 3 aromatic rings. The second kappa shape index (κ2) is 9.39. The largest absolute Gasteiger partial charge is 0.467 e. The Labute approximate surface area is 175 Å². The van der Waals surface area contributed by atoms with E-state index in [-0.39, 0.29) is 12.2 Å². The van der Waals surface area contributed by atoms with Crippen LogP contribution in [0.3, 0.4) is 0 Å². The van der Waals surface area contributed by atoms with Gasteiger partial charge in [-0.2, -0.15) is 0 Å². The van der Waals surface area contributed by atoms with E-state index in [4.69, 9.17) is 16.0 Å². The van der Waals surface area contributed by atoms with E-state index >= 15 is 0 Å². The molecule has 0 saturated carbocycles. The van der Waals surface area contributed by atoms with Crippen molar-refractivity contribution in [2.75, 3.05) is 0 Å². The van der Waals surface area contributed by atoms with Crippen molar-refractivity contribution in [1.82, 2.24) is 10.6 Å². The molecule has 5 nitrogen and oxygen atoms in total. The fraction of sp³-hybridized carbons (Fsp3) is 0.0476. The Morgan fingerprint density at radius 2 is 1.79 bits per heavy atom. The molecular formula is C21H16BrClN2O3. The standard InChI is InChI=1S/C21H16BrClN2O3/c22-18-6-2-1-5-17(18)20(26)25-19(12-14-7-9-15(23)10-8-14)21(27)24-13-16-4-3-11-28-16/h1-12H,13H2,(H,24,27)(H,25,26)/b19-12+. The highest BCUT2D eigenvalue weighted by atomic mass is 79.9. The van der Waals surface area contributed by atoms with Crippen LogP contribution in [-0.4, -0.2) is 11.8 Å². The van der Waals surface area contributed by atoms with Crippen LogP contribution < -0.4 is 10.6 Å². The Morgan fingerprint density at radius 1 is 1.04 bits per heavy atom. The van der Waals surface area contributed by atoms with E-state index in [1.165, 1.54) is 6.26 Å². The van der Waals surface area contributed by atoms with E-state index in [0.29, 0.717) is 20.8 Å². The van der Waals surface area contributed by atoms with Gasteiger partial charge in [0.2, 0.25) is 0 Å². The van der Waals surface area contributed by atoms with E-state index in [0.717, 1.165) is 5.56 Å². The minimum absolute atomic E-state index is 0.106. The zero-order valence-corrected chi connectivity index (χ0v) is 17.0. The Morgan fingerprint density at radius 3 is 2.46 bits per heavy atom. The monoisotopic (exact) mass is 458 g/mol. The molecule has 0 aliphatic carbocycles. The lowest BCUT2D eigenvalue weighted by Crippen LogP contribution is -2.34. The number of nitrogens with one attached hydrogen (secondary N) is 2. The van der Waals surface area contributed by atoms with Crippen LogP contribution >= 0.6 is 27.5 Å². The van der Waals surface area contributed by atoms with Gasteiger partial charge >= 0.3 is 0 Å². The molecule has 28 heavy (non-hydrogen) atoms. The van der Waals surface area contributed by atoms with E-state index in [9.17, 15) is 9.59 Å². The smallest absolute Gasteiger partial charge is 0.268 e. The van der Waals surface area contributed by atoms with Crippen molar-refractivity contribution in [2.45, 2.75) is 6.54 Å². The normalized spacial score (nSPS) is 11.1. The first-order chi connectivity index (χ1) is 13.5. The summed E-state index contributed by atoms with van der Waals surface area (Å²) in [4.78, 5) is 25.3. The number of hydrogen-bond acceptors (Lipinski definition) is 3. The molecule has 0 saturated heterocycles. The second-order valence-electron chi connectivity index (χ2n) is 5.81. The first-order valence-electron chi connectivity index (χ1n) is 8.36. The quantitative estimate of drug-likeness (QED) is 0.521. The second-order valence-corrected chi connectivity index (χ2v) is 7.10. The SMILES string of the molecule is O=C(NCc1ccco1)/C(=C\c1ccc(Cl)cc1)NC(=O)c1ccccc1Br. The Bertz CT molecular complexity index is 999. The number of rotatable bonds is 6. The van der Waals surface area contributed by atoms with E-state index in [1.54, 1.807) is 66.7 Å². The molecule has 0 unspecified atom stereocenters. The minimum atomic E-state index is -0.438. The molecule has 0 bridgehead atoms. The summed E-state index contributed by atoms with van der Waals surface area (Å²) in [6.45, 7) is 0.203. The van der Waals surface area contributed by atoms with Crippen molar-refractivity contribution in [3.05, 3.63) is 99.0 Å². The summed E-state index contributed by atoms with van der Waals surface area (Å²) in [6.07, 6.45) is 3.11. The molecule has 2 N–H and O–H groups in total. The topological polar surface area (TPSA) is 71.3 Å². The lowest BCUT2D eigenvalue weighted by atomic mass is 10.1. The van der Waals surface area contributed by atoms with E-state index in [2.05, 4.69) is 26.6 Å². The zero-order valence-electron chi connectivity index (χ0n) is 14.6. The highest BCUT2D eigenvalue weighted by Crippen LogP contribution is 2.17. The van der Waals surface area contributed by atoms with Gasteiger partial charge in [0.05, 0.1) is 18.4 Å². The predicted molar refractivity (Wildman–Crippen MR) is 112 cm³/mol. The Hall–Kier alpha value is -2.83. The highest BCUT2D eigenvalue weighted by Gasteiger charge is 2.16. The average molecular weight is 460 g/mol. The summed E-state index contributed by atoms with van der Waals surface area (Å²) in [7, 11) is 0. The van der Waals surface area contributed by atoms with Crippen molar-refractivity contribution in [1.29, 1.82) is 0 Å². The highest BCUT2D eigenvalue weighted by molar-refractivity contribution is 9.10. The average Bonchev–Trinajstić information content (AvgIpc) is 3.21. The summed E-state index contributed by atoms with van der Waals surface area (Å²) < 4.78 is 5.85. The Kier molecular flexibility index (Phi) is 6.68. The number of furan rings is 1. The number of halogens is 2. The first-order valence-corrected chi connectivity index (χ1v) is 9.54. The molecular weight excluding hydrogens is 444 g/mol. The molecule has 7 heteroatoms. The van der Waals surface area contributed by atoms with Crippen LogP contribution in [0.4, 0.5) is 0 Å². The summed E-state index contributed by atoms with van der Waals surface area (Å²) in [5, 5.41) is 6.00. The van der Waals surface area contributed by atoms with Gasteiger partial charge in [-0.15, -0.1) is 0 Å². The van der Waals surface area contributed by atoms with Crippen LogP contribution in [0.1, 0.15) is 21.7 Å². The van der Waals surface area contributed by atoms with E-state index in [1.807, 2.05) is 0 Å². The maximum absolute atomic E-state index is 12.7. The van der Waals surface area contributed by atoms with Crippen LogP contribution in [0.25, 0.3) is 6.08 Å². The molecule has 0 atom stereocenters. The van der Waals surface area contributed by atoms with Gasteiger partial charge in [0.25, 0.3) is 11.8 Å². The molecule has 0 aliphatic heterocycles. The first kappa shape index (κ1) is 19.9. The van der Waals surface area contributed by atoms with Gasteiger partial charge in [0.1, 0.15) is 11.5 Å². The van der Waals surface area contributed by atoms with E-state index < -0.39 is 11.8 Å². The van der Waals surface area contributed by atoms with Crippen LogP contribution in [0.2, 0.25) is 5.02 Å². The van der Waals surface area contributed by atoms with Gasteiger partial charge < -0.3 is 15.1 Å². The summed E-state index contributed by atoms with van der Waals surface area (Å²) >= 11 is 9.26. The number of carbonyl (C=O) groups excluding carboxylic acids is 2. The lowest BCUT2D eigenvalue weighted by Gasteiger charge is -2.11. The predicted octanol–water partition coefficient (Wildman–Crippen LogP) is 4.78. The molecule has 1 aromatic heterocycles. The number of amides is 2. The van der Waals surface area contributed by atoms with Gasteiger partial charge in [-0.05, 0) is 64.0 Å². The summed E-state index contributed by atoms with van der Waals surface area (Å²) in [6, 6.07) is 17.4. The van der Waals surface area contributed by atoms with Crippen LogP contribution in [0, 0.1) is 0 Å². The minimum Gasteiger partial charge on any atom is -0.467 e. The Balaban J connectivity index is 1.83. The zero-order chi connectivity index (χ0) is 19.9. The summed E-state index contributed by atoms with van der Waals surface area (Å²) in [5.74, 6) is -0.232. The lowest BCUT2D eigenvalue weighted by molar-refractivity contribution is -0.118. The third kappa shape index (κ3) is 5.34. The fourth-order valence-electron chi connectivity index (χ4n) is 2.39. The molecule has 2 amide bonds. The number of hydrogen-bond donors (Lipinski definition) is 2. The van der Waals surface area contributed by atoms with Gasteiger partial charge in [-0.25, -0.2) is 0 Å². The van der Waals surface area contributed by atoms with Crippen molar-refractivity contribution in [2.24, 2.45) is 0 Å². The molecule has 142 valence electrons. The third-order valence-electron chi connectivity index (χ3n) is 3.80. The van der Waals surface area contributed by atoms with Crippen molar-refractivity contribution < 1.29 is 14.0 Å². The van der Waals surface area contributed by atoms with Crippen LogP contribution in [-0.2, 0) is 11.3 Å². The number of benzene rings is 2. The molecule has 0 aliphatic rings. The molecule has 0 radical (unpaired) electrons. The molecule has 3 rings (SSSR count). The molecule has 0 fully saturated rings. The molecule has 1 heterocycles. The number of carbonyl (C=O) groups is 2. The third-order valence-corrected chi connectivity index (χ3v) is 4.74. The van der Waals surface area contributed by atoms with Gasteiger partial charge in [-0.1, -0.05) is 35.9 Å². The van der Waals surface area contributed by atoms with Gasteiger partial charge in [0.15, 0.2) is 0 Å². The van der Waals surface area contributed by atoms with Crippen molar-refractivity contribution in [3.8, 4) is 0 Å². The van der Waals surface area contributed by atoms with Crippen molar-refractivity contribution >= 4 is 45.4 Å². The maximum atomic E-state index is 12.7. The van der Waals surface area contributed by atoms with Gasteiger partial charge in [0, 0.05) is 9.50 Å². The fourth-order valence-corrected chi connectivity index (χ4v) is 2.99. The van der Waals surface area contributed by atoms with Crippen molar-refractivity contribution in [3.63, 3.8) is 0 Å². The summed E-state index contributed by atoms with van der Waals surface area (Å²) in [5.41, 5.74) is 1.25. The maximum Gasteiger partial charge on any atom is 0.268 e. The van der Waals surface area contributed by atoms with Crippen LogP contribution in [0.5, 0.6) is 0 Å². The molecule has 2 aromatic carbocycles. The van der Waals surface area contributed by atoms with Gasteiger partial charge in [-0.3, -0.25) is 9.59 Å².